The van der Waals surface area contributed by atoms with Gasteiger partial charge in [-0.3, -0.25) is 9.59 Å². The number of aromatic hydroxyl groups is 4. The number of rotatable bonds is 11. The topological polar surface area (TPSA) is 183 Å². The van der Waals surface area contributed by atoms with Crippen LogP contribution in [0.5, 0.6) is 23.0 Å². The van der Waals surface area contributed by atoms with Crippen LogP contribution in [-0.2, 0) is 22.7 Å². The molecule has 0 aromatic heterocycles. The summed E-state index contributed by atoms with van der Waals surface area (Å²) in [6.07, 6.45) is -1.61. The minimum atomic E-state index is -1.29. The highest BCUT2D eigenvalue weighted by atomic mass is 16.5. The highest BCUT2D eigenvalue weighted by Crippen LogP contribution is 2.38. The predicted molar refractivity (Wildman–Crippen MR) is 160 cm³/mol. The molecule has 0 bridgehead atoms. The van der Waals surface area contributed by atoms with Crippen LogP contribution < -0.4 is 5.32 Å². The lowest BCUT2D eigenvalue weighted by Gasteiger charge is -2.27. The molecule has 1 amide bonds. The van der Waals surface area contributed by atoms with Gasteiger partial charge in [0, 0.05) is 23.1 Å². The van der Waals surface area contributed by atoms with Crippen LogP contribution in [0.4, 0.5) is 0 Å². The number of carbonyl (C=O) groups is 3. The second-order valence-corrected chi connectivity index (χ2v) is 10.7. The molecule has 232 valence electrons. The van der Waals surface area contributed by atoms with Crippen molar-refractivity contribution in [2.45, 2.75) is 37.9 Å². The normalized spacial score (nSPS) is 19.2. The van der Waals surface area contributed by atoms with Crippen LogP contribution in [0.15, 0.2) is 91.0 Å². The Morgan fingerprint density at radius 2 is 1.24 bits per heavy atom. The fourth-order valence-electron chi connectivity index (χ4n) is 5.40. The lowest BCUT2D eigenvalue weighted by atomic mass is 9.89. The lowest BCUT2D eigenvalue weighted by Crippen LogP contribution is -2.48. The number of Topliss-reactive ketones (excluding diaryl/α,β-unsaturated/α-hetero) is 1. The molecule has 11 heteroatoms. The van der Waals surface area contributed by atoms with Gasteiger partial charge in [0.1, 0.15) is 23.0 Å². The Bertz CT molecular complexity index is 1700. The molecule has 1 fully saturated rings. The fourth-order valence-corrected chi connectivity index (χ4v) is 5.40. The van der Waals surface area contributed by atoms with E-state index in [9.17, 15) is 39.9 Å². The van der Waals surface area contributed by atoms with E-state index in [0.29, 0.717) is 11.1 Å². The maximum Gasteiger partial charge on any atom is 0.335 e. The molecule has 6 N–H and O–H groups in total. The number of amides is 1. The number of phenols is 4. The number of benzene rings is 4. The molecule has 5 rings (SSSR count). The first kappa shape index (κ1) is 31.0. The third-order valence-corrected chi connectivity index (χ3v) is 7.78. The van der Waals surface area contributed by atoms with Crippen molar-refractivity contribution in [3.63, 3.8) is 0 Å². The molecule has 1 saturated carbocycles. The quantitative estimate of drug-likeness (QED) is 0.133. The van der Waals surface area contributed by atoms with E-state index in [0.717, 1.165) is 6.07 Å². The smallest absolute Gasteiger partial charge is 0.335 e. The van der Waals surface area contributed by atoms with E-state index in [1.54, 1.807) is 36.4 Å². The second-order valence-electron chi connectivity index (χ2n) is 10.7. The Morgan fingerprint density at radius 3 is 1.80 bits per heavy atom. The number of hydrogen-bond acceptors (Lipinski definition) is 9. The zero-order chi connectivity index (χ0) is 32.1. The van der Waals surface area contributed by atoms with Gasteiger partial charge in [0.2, 0.25) is 0 Å². The highest BCUT2D eigenvalue weighted by Gasteiger charge is 2.50. The number of carboxylic acids is 1. The summed E-state index contributed by atoms with van der Waals surface area (Å²) >= 11 is 0. The summed E-state index contributed by atoms with van der Waals surface area (Å²) in [7, 11) is 0. The number of aromatic carboxylic acids is 1. The molecule has 0 heterocycles. The molecule has 0 aliphatic heterocycles. The van der Waals surface area contributed by atoms with Gasteiger partial charge in [-0.15, -0.1) is 0 Å². The fraction of sp³-hybridized carbons (Fsp3) is 0.206. The third-order valence-electron chi connectivity index (χ3n) is 7.78. The lowest BCUT2D eigenvalue weighted by molar-refractivity contribution is 0.000332. The van der Waals surface area contributed by atoms with Crippen LogP contribution in [0.25, 0.3) is 0 Å². The summed E-state index contributed by atoms with van der Waals surface area (Å²) in [6, 6.07) is 21.0. The van der Waals surface area contributed by atoms with Crippen LogP contribution in [0.1, 0.15) is 48.6 Å². The van der Waals surface area contributed by atoms with Gasteiger partial charge in [0.25, 0.3) is 5.91 Å². The van der Waals surface area contributed by atoms with Gasteiger partial charge < -0.3 is 40.3 Å². The zero-order valence-electron chi connectivity index (χ0n) is 23.9. The van der Waals surface area contributed by atoms with E-state index in [1.807, 2.05) is 0 Å². The maximum atomic E-state index is 14.2. The van der Waals surface area contributed by atoms with Gasteiger partial charge in [-0.25, -0.2) is 4.79 Å². The Morgan fingerprint density at radius 1 is 0.689 bits per heavy atom. The molecule has 11 nitrogen and oxygen atoms in total. The van der Waals surface area contributed by atoms with Crippen LogP contribution in [0.3, 0.4) is 0 Å². The summed E-state index contributed by atoms with van der Waals surface area (Å²) in [5, 5.41) is 53.2. The van der Waals surface area contributed by atoms with E-state index >= 15 is 0 Å². The van der Waals surface area contributed by atoms with E-state index in [1.165, 1.54) is 48.5 Å². The number of phenolic OH excluding ortho intramolecular Hbond substituents is 4. The Kier molecular flexibility index (Phi) is 9.31. The summed E-state index contributed by atoms with van der Waals surface area (Å²) in [6.45, 7) is -0.148. The van der Waals surface area contributed by atoms with Gasteiger partial charge in [-0.1, -0.05) is 36.4 Å². The molecule has 4 aromatic rings. The molecular formula is C34H31NO10. The van der Waals surface area contributed by atoms with Crippen molar-refractivity contribution in [3.05, 3.63) is 119 Å². The van der Waals surface area contributed by atoms with E-state index in [-0.39, 0.29) is 53.6 Å². The van der Waals surface area contributed by atoms with Crippen LogP contribution in [-0.4, -0.2) is 61.4 Å². The molecule has 1 aliphatic rings. The molecule has 4 aromatic carbocycles. The molecule has 4 unspecified atom stereocenters. The molecule has 0 spiro atoms. The van der Waals surface area contributed by atoms with Crippen LogP contribution in [0.2, 0.25) is 0 Å². The molecule has 4 atom stereocenters. The summed E-state index contributed by atoms with van der Waals surface area (Å²) < 4.78 is 12.4. The number of para-hydroxylation sites is 2. The Hall–Kier alpha value is -5.39. The molecule has 0 radical (unpaired) electrons. The third kappa shape index (κ3) is 7.06. The molecule has 1 aliphatic carbocycles. The van der Waals surface area contributed by atoms with Gasteiger partial charge in [-0.05, 0) is 54.6 Å². The average molecular weight is 614 g/mol. The first-order chi connectivity index (χ1) is 21.6. The first-order valence-corrected chi connectivity index (χ1v) is 14.1. The minimum absolute atomic E-state index is 0.00333. The van der Waals surface area contributed by atoms with Crippen molar-refractivity contribution in [2.75, 3.05) is 0 Å². The molecular weight excluding hydrogens is 582 g/mol. The predicted octanol–water partition coefficient (Wildman–Crippen LogP) is 4.38. The van der Waals surface area contributed by atoms with Crippen molar-refractivity contribution in [1.29, 1.82) is 0 Å². The zero-order valence-corrected chi connectivity index (χ0v) is 23.9. The van der Waals surface area contributed by atoms with E-state index < -0.39 is 47.6 Å². The van der Waals surface area contributed by atoms with E-state index in [2.05, 4.69) is 5.32 Å². The number of carbonyl (C=O) groups excluding carboxylic acids is 2. The number of nitrogens with one attached hydrogen (secondary N) is 1. The van der Waals surface area contributed by atoms with Gasteiger partial charge in [-0.2, -0.15) is 0 Å². The van der Waals surface area contributed by atoms with Gasteiger partial charge in [0.05, 0.1) is 48.5 Å². The van der Waals surface area contributed by atoms with Crippen molar-refractivity contribution >= 4 is 17.7 Å². The van der Waals surface area contributed by atoms with Crippen LogP contribution >= 0.6 is 0 Å². The Balaban J connectivity index is 1.51. The summed E-state index contributed by atoms with van der Waals surface area (Å²) in [5.74, 6) is -4.21. The molecule has 45 heavy (non-hydrogen) atoms. The maximum absolute atomic E-state index is 14.2. The largest absolute Gasteiger partial charge is 0.508 e. The Labute approximate surface area is 257 Å². The minimum Gasteiger partial charge on any atom is -0.508 e. The van der Waals surface area contributed by atoms with Gasteiger partial charge >= 0.3 is 5.97 Å². The van der Waals surface area contributed by atoms with Crippen LogP contribution in [0, 0.1) is 5.92 Å². The second kappa shape index (κ2) is 13.5. The van der Waals surface area contributed by atoms with Crippen molar-refractivity contribution < 1.29 is 49.4 Å². The van der Waals surface area contributed by atoms with E-state index in [4.69, 9.17) is 9.47 Å². The van der Waals surface area contributed by atoms with Gasteiger partial charge in [0.15, 0.2) is 5.78 Å². The number of carboxylic acid groups (broad SMARTS) is 1. The first-order valence-electron chi connectivity index (χ1n) is 14.1. The highest BCUT2D eigenvalue weighted by molar-refractivity contribution is 6.03. The summed E-state index contributed by atoms with van der Waals surface area (Å²) in [4.78, 5) is 39.0. The summed E-state index contributed by atoms with van der Waals surface area (Å²) in [5.41, 5.74) is 0.742. The monoisotopic (exact) mass is 613 g/mol. The number of ketones is 1. The van der Waals surface area contributed by atoms with Crippen molar-refractivity contribution in [1.82, 2.24) is 5.32 Å². The molecule has 0 saturated heterocycles. The number of hydrogen-bond donors (Lipinski definition) is 6. The SMILES string of the molecule is O=C(O)c1ccc(C(=O)C2C(OCc3ccccc3O)CC(OCc3ccccc3O)C2NC(=O)c2ccc(O)cc2)c(O)c1. The number of ether oxygens (including phenoxy) is 2. The standard InChI is InChI=1S/C34H31NO10/c36-23-12-9-19(10-13-23)33(41)35-31-29(45-18-22-6-2-4-8-26(22)38)16-28(44-17-21-5-1-3-7-25(21)37)30(31)32(40)24-14-11-20(34(42)43)15-27(24)39/h1-15,28-31,36-39H,16-18H2,(H,35,41)(H,42,43). The average Bonchev–Trinajstić information content (AvgIpc) is 3.36. The van der Waals surface area contributed by atoms with Crippen molar-refractivity contribution in [3.8, 4) is 23.0 Å². The van der Waals surface area contributed by atoms with Crippen molar-refractivity contribution in [2.24, 2.45) is 5.92 Å².